The molecule has 3 aromatic carbocycles. The van der Waals surface area contributed by atoms with Crippen LogP contribution in [0.25, 0.3) is 0 Å². The van der Waals surface area contributed by atoms with E-state index in [9.17, 15) is 0 Å². The quantitative estimate of drug-likeness (QED) is 0.333. The molecule has 2 nitrogen and oxygen atoms in total. The number of hydrogen-bond acceptors (Lipinski definition) is 2. The summed E-state index contributed by atoms with van der Waals surface area (Å²) in [7, 11) is 0. The first-order chi connectivity index (χ1) is 12.9. The predicted octanol–water partition coefficient (Wildman–Crippen LogP) is 8.36. The SMILES string of the molecule is Clc1ccc(NCc2cc(Br)cc(Br)c2OCc2ccccc2Cl)c(Cl)c1. The highest BCUT2D eigenvalue weighted by Gasteiger charge is 2.12. The standard InChI is InChI=1S/C20H14Br2Cl3NO/c21-14-7-13(10-26-19-6-5-15(23)9-18(19)25)20(16(22)8-14)27-11-12-3-1-2-4-17(12)24/h1-9,26H,10-11H2. The molecule has 27 heavy (non-hydrogen) atoms. The molecule has 3 rings (SSSR count). The molecule has 0 amide bonds. The fourth-order valence-electron chi connectivity index (χ4n) is 2.50. The van der Waals surface area contributed by atoms with E-state index in [1.807, 2.05) is 42.5 Å². The van der Waals surface area contributed by atoms with E-state index in [0.29, 0.717) is 28.2 Å². The zero-order valence-electron chi connectivity index (χ0n) is 13.9. The average molecular weight is 551 g/mol. The van der Waals surface area contributed by atoms with Crippen LogP contribution in [0.1, 0.15) is 11.1 Å². The van der Waals surface area contributed by atoms with Crippen molar-refractivity contribution in [2.45, 2.75) is 13.2 Å². The van der Waals surface area contributed by atoms with E-state index < -0.39 is 0 Å². The van der Waals surface area contributed by atoms with Crippen LogP contribution >= 0.6 is 66.7 Å². The van der Waals surface area contributed by atoms with E-state index in [4.69, 9.17) is 39.5 Å². The van der Waals surface area contributed by atoms with Gasteiger partial charge in [0.25, 0.3) is 0 Å². The molecule has 7 heteroatoms. The summed E-state index contributed by atoms with van der Waals surface area (Å²) in [6.07, 6.45) is 0. The number of halogens is 5. The van der Waals surface area contributed by atoms with Gasteiger partial charge in [-0.3, -0.25) is 0 Å². The van der Waals surface area contributed by atoms with Crippen molar-refractivity contribution in [2.24, 2.45) is 0 Å². The Hall–Kier alpha value is -0.910. The van der Waals surface area contributed by atoms with Gasteiger partial charge in [-0.15, -0.1) is 0 Å². The maximum absolute atomic E-state index is 6.25. The van der Waals surface area contributed by atoms with Crippen molar-refractivity contribution in [1.82, 2.24) is 0 Å². The zero-order valence-corrected chi connectivity index (χ0v) is 19.3. The van der Waals surface area contributed by atoms with Gasteiger partial charge in [0.2, 0.25) is 0 Å². The second-order valence-corrected chi connectivity index (χ2v) is 8.75. The van der Waals surface area contributed by atoms with Gasteiger partial charge in [0.05, 0.1) is 15.2 Å². The Morgan fingerprint density at radius 2 is 1.63 bits per heavy atom. The molecule has 0 atom stereocenters. The maximum atomic E-state index is 6.25. The van der Waals surface area contributed by atoms with Gasteiger partial charge in [-0.2, -0.15) is 0 Å². The third-order valence-corrected chi connectivity index (χ3v) is 5.78. The molecule has 0 bridgehead atoms. The molecular formula is C20H14Br2Cl3NO. The van der Waals surface area contributed by atoms with Crippen LogP contribution in [0.5, 0.6) is 5.75 Å². The summed E-state index contributed by atoms with van der Waals surface area (Å²) in [4.78, 5) is 0. The van der Waals surface area contributed by atoms with Gasteiger partial charge in [0, 0.05) is 32.2 Å². The lowest BCUT2D eigenvalue weighted by molar-refractivity contribution is 0.301. The Balaban J connectivity index is 1.81. The van der Waals surface area contributed by atoms with Gasteiger partial charge in [-0.05, 0) is 52.3 Å². The molecule has 0 aliphatic rings. The highest BCUT2D eigenvalue weighted by Crippen LogP contribution is 2.35. The lowest BCUT2D eigenvalue weighted by Crippen LogP contribution is -2.05. The molecule has 0 aromatic heterocycles. The van der Waals surface area contributed by atoms with Crippen LogP contribution in [-0.2, 0) is 13.2 Å². The minimum absolute atomic E-state index is 0.370. The van der Waals surface area contributed by atoms with Crippen LogP contribution in [0.4, 0.5) is 5.69 Å². The molecule has 0 heterocycles. The van der Waals surface area contributed by atoms with Gasteiger partial charge in [0.1, 0.15) is 12.4 Å². The van der Waals surface area contributed by atoms with E-state index in [2.05, 4.69) is 37.2 Å². The van der Waals surface area contributed by atoms with Crippen molar-refractivity contribution in [3.8, 4) is 5.75 Å². The van der Waals surface area contributed by atoms with Crippen molar-refractivity contribution < 1.29 is 4.74 Å². The summed E-state index contributed by atoms with van der Waals surface area (Å²) in [5.74, 6) is 0.746. The Labute approximate surface area is 190 Å². The summed E-state index contributed by atoms with van der Waals surface area (Å²) < 4.78 is 7.87. The minimum atomic E-state index is 0.370. The van der Waals surface area contributed by atoms with Crippen molar-refractivity contribution in [3.63, 3.8) is 0 Å². The molecule has 0 saturated heterocycles. The number of hydrogen-bond donors (Lipinski definition) is 1. The average Bonchev–Trinajstić information content (AvgIpc) is 2.61. The second kappa shape index (κ2) is 9.53. The Bertz CT molecular complexity index is 966. The lowest BCUT2D eigenvalue weighted by Gasteiger charge is -2.16. The lowest BCUT2D eigenvalue weighted by atomic mass is 10.2. The third kappa shape index (κ3) is 5.55. The van der Waals surface area contributed by atoms with Crippen LogP contribution in [0, 0.1) is 0 Å². The third-order valence-electron chi connectivity index (χ3n) is 3.82. The molecule has 140 valence electrons. The van der Waals surface area contributed by atoms with Crippen molar-refractivity contribution >= 4 is 72.4 Å². The molecule has 0 spiro atoms. The smallest absolute Gasteiger partial charge is 0.139 e. The highest BCUT2D eigenvalue weighted by atomic mass is 79.9. The number of nitrogens with one attached hydrogen (secondary N) is 1. The first kappa shape index (κ1) is 20.8. The van der Waals surface area contributed by atoms with E-state index in [1.54, 1.807) is 12.1 Å². The molecule has 0 aliphatic heterocycles. The zero-order chi connectivity index (χ0) is 19.4. The van der Waals surface area contributed by atoms with Crippen LogP contribution < -0.4 is 10.1 Å². The Kier molecular flexibility index (Phi) is 7.35. The highest BCUT2D eigenvalue weighted by molar-refractivity contribution is 9.11. The second-order valence-electron chi connectivity index (χ2n) is 5.73. The maximum Gasteiger partial charge on any atom is 0.139 e. The van der Waals surface area contributed by atoms with Crippen LogP contribution in [-0.4, -0.2) is 0 Å². The first-order valence-electron chi connectivity index (χ1n) is 7.97. The number of anilines is 1. The monoisotopic (exact) mass is 547 g/mol. The first-order valence-corrected chi connectivity index (χ1v) is 10.7. The van der Waals surface area contributed by atoms with E-state index >= 15 is 0 Å². The van der Waals surface area contributed by atoms with Gasteiger partial charge < -0.3 is 10.1 Å². The molecule has 0 unspecified atom stereocenters. The van der Waals surface area contributed by atoms with Crippen molar-refractivity contribution in [3.05, 3.63) is 89.7 Å². The van der Waals surface area contributed by atoms with Crippen LogP contribution in [0.2, 0.25) is 15.1 Å². The Morgan fingerprint density at radius 1 is 0.852 bits per heavy atom. The molecule has 3 aromatic rings. The predicted molar refractivity (Wildman–Crippen MR) is 121 cm³/mol. The molecular weight excluding hydrogens is 536 g/mol. The molecule has 1 N–H and O–H groups in total. The minimum Gasteiger partial charge on any atom is -0.487 e. The van der Waals surface area contributed by atoms with Crippen LogP contribution in [0.3, 0.4) is 0 Å². The summed E-state index contributed by atoms with van der Waals surface area (Å²) in [6.45, 7) is 0.895. The molecule has 0 fully saturated rings. The largest absolute Gasteiger partial charge is 0.487 e. The summed E-state index contributed by atoms with van der Waals surface area (Å²) in [6, 6.07) is 16.9. The normalized spacial score (nSPS) is 10.7. The topological polar surface area (TPSA) is 21.3 Å². The van der Waals surface area contributed by atoms with Gasteiger partial charge in [-0.25, -0.2) is 0 Å². The Morgan fingerprint density at radius 3 is 2.37 bits per heavy atom. The van der Waals surface area contributed by atoms with E-state index in [-0.39, 0.29) is 0 Å². The fourth-order valence-corrected chi connectivity index (χ4v) is 4.59. The number of rotatable bonds is 6. The van der Waals surface area contributed by atoms with Gasteiger partial charge in [0.15, 0.2) is 0 Å². The van der Waals surface area contributed by atoms with Crippen LogP contribution in [0.15, 0.2) is 63.5 Å². The number of ether oxygens (including phenoxy) is 1. The summed E-state index contributed by atoms with van der Waals surface area (Å²) >= 11 is 25.5. The van der Waals surface area contributed by atoms with E-state index in [0.717, 1.165) is 31.5 Å². The van der Waals surface area contributed by atoms with Gasteiger partial charge in [-0.1, -0.05) is 68.9 Å². The van der Waals surface area contributed by atoms with Crippen molar-refractivity contribution in [2.75, 3.05) is 5.32 Å². The fraction of sp³-hybridized carbons (Fsp3) is 0.100. The summed E-state index contributed by atoms with van der Waals surface area (Å²) in [5, 5.41) is 5.16. The molecule has 0 aliphatic carbocycles. The van der Waals surface area contributed by atoms with E-state index in [1.165, 1.54) is 0 Å². The molecule has 0 saturated carbocycles. The molecule has 0 radical (unpaired) electrons. The van der Waals surface area contributed by atoms with Gasteiger partial charge >= 0.3 is 0 Å². The summed E-state index contributed by atoms with van der Waals surface area (Å²) in [5.41, 5.74) is 2.69. The van der Waals surface area contributed by atoms with Crippen molar-refractivity contribution in [1.29, 1.82) is 0 Å². The number of benzene rings is 3.